The fourth-order valence-corrected chi connectivity index (χ4v) is 3.19. The van der Waals surface area contributed by atoms with E-state index in [1.54, 1.807) is 18.2 Å². The molecule has 2 aromatic carbocycles. The average Bonchev–Trinajstić information content (AvgIpc) is 2.66. The molecular weight excluding hydrogens is 454 g/mol. The van der Waals surface area contributed by atoms with Crippen LogP contribution >= 0.6 is 15.9 Å². The minimum atomic E-state index is -0.879. The molecule has 1 aliphatic heterocycles. The molecule has 1 fully saturated rings. The molecule has 1 heterocycles. The van der Waals surface area contributed by atoms with Crippen LogP contribution in [0.2, 0.25) is 0 Å². The Morgan fingerprint density at radius 1 is 1.07 bits per heavy atom. The summed E-state index contributed by atoms with van der Waals surface area (Å²) in [5.74, 6) is -1.70. The van der Waals surface area contributed by atoms with Crippen LogP contribution in [0.4, 0.5) is 10.5 Å². The maximum Gasteiger partial charge on any atom is 0.328 e. The van der Waals surface area contributed by atoms with E-state index in [1.807, 2.05) is 42.7 Å². The van der Waals surface area contributed by atoms with E-state index in [0.29, 0.717) is 21.5 Å². The normalized spacial score (nSPS) is 13.4. The van der Waals surface area contributed by atoms with Crippen molar-refractivity contribution in [1.82, 2.24) is 10.6 Å². The van der Waals surface area contributed by atoms with Gasteiger partial charge in [0.25, 0.3) is 17.7 Å². The highest BCUT2D eigenvalue weighted by atomic mass is 79.9. The largest absolute Gasteiger partial charge is 0.483 e. The molecule has 0 radical (unpaired) electrons. The van der Waals surface area contributed by atoms with Crippen molar-refractivity contribution in [2.45, 2.75) is 13.8 Å². The SMILES string of the molecule is Cc1ccc(NC(=O)COc2ccc(Br)cc2C=C2C(=O)NC(=O)NC2=O)c(C)c1. The van der Waals surface area contributed by atoms with Gasteiger partial charge in [0.1, 0.15) is 11.3 Å². The summed E-state index contributed by atoms with van der Waals surface area (Å²) in [6.45, 7) is 3.59. The standard InChI is InChI=1S/C21H18BrN3O5/c1-11-3-5-16(12(2)7-11)23-18(26)10-30-17-6-4-14(22)8-13(17)9-15-19(27)24-21(29)25-20(15)28/h3-9H,10H2,1-2H3,(H,23,26)(H2,24,25,27,28,29). The van der Waals surface area contributed by atoms with E-state index in [4.69, 9.17) is 4.74 Å². The molecule has 9 heteroatoms. The summed E-state index contributed by atoms with van der Waals surface area (Å²) in [7, 11) is 0. The highest BCUT2D eigenvalue weighted by Crippen LogP contribution is 2.26. The van der Waals surface area contributed by atoms with E-state index in [0.717, 1.165) is 11.1 Å². The number of imide groups is 2. The molecule has 1 aliphatic rings. The summed E-state index contributed by atoms with van der Waals surface area (Å²) < 4.78 is 6.29. The van der Waals surface area contributed by atoms with Crippen molar-refractivity contribution in [3.05, 3.63) is 63.1 Å². The van der Waals surface area contributed by atoms with Gasteiger partial charge >= 0.3 is 6.03 Å². The molecule has 3 rings (SSSR count). The van der Waals surface area contributed by atoms with Crippen LogP contribution < -0.4 is 20.7 Å². The molecular formula is C21H18BrN3O5. The third kappa shape index (κ3) is 5.12. The lowest BCUT2D eigenvalue weighted by molar-refractivity contribution is -0.124. The number of aryl methyl sites for hydroxylation is 2. The van der Waals surface area contributed by atoms with Crippen molar-refractivity contribution in [3.63, 3.8) is 0 Å². The molecule has 30 heavy (non-hydrogen) atoms. The second kappa shape index (κ2) is 8.91. The third-order valence-corrected chi connectivity index (χ3v) is 4.72. The molecule has 0 aromatic heterocycles. The zero-order valence-corrected chi connectivity index (χ0v) is 17.8. The lowest BCUT2D eigenvalue weighted by Gasteiger charge is -2.15. The van der Waals surface area contributed by atoms with E-state index in [-0.39, 0.29) is 18.1 Å². The number of nitrogens with one attached hydrogen (secondary N) is 3. The van der Waals surface area contributed by atoms with Gasteiger partial charge in [-0.1, -0.05) is 33.6 Å². The first kappa shape index (κ1) is 21.3. The first-order chi connectivity index (χ1) is 14.2. The molecule has 154 valence electrons. The van der Waals surface area contributed by atoms with Gasteiger partial charge in [-0.2, -0.15) is 0 Å². The zero-order valence-electron chi connectivity index (χ0n) is 16.2. The minimum Gasteiger partial charge on any atom is -0.483 e. The Hall–Kier alpha value is -3.46. The highest BCUT2D eigenvalue weighted by Gasteiger charge is 2.28. The summed E-state index contributed by atoms with van der Waals surface area (Å²) in [4.78, 5) is 47.4. The Morgan fingerprint density at radius 2 is 1.77 bits per heavy atom. The number of carbonyl (C=O) groups is 4. The summed E-state index contributed by atoms with van der Waals surface area (Å²) in [5, 5.41) is 6.80. The topological polar surface area (TPSA) is 114 Å². The quantitative estimate of drug-likeness (QED) is 0.458. The molecule has 2 aromatic rings. The second-order valence-electron chi connectivity index (χ2n) is 6.63. The summed E-state index contributed by atoms with van der Waals surface area (Å²) >= 11 is 3.32. The zero-order chi connectivity index (χ0) is 21.8. The number of amides is 5. The molecule has 0 bridgehead atoms. The summed E-state index contributed by atoms with van der Waals surface area (Å²) in [6, 6.07) is 9.72. The smallest absolute Gasteiger partial charge is 0.328 e. The predicted octanol–water partition coefficient (Wildman–Crippen LogP) is 2.83. The maximum absolute atomic E-state index is 12.3. The van der Waals surface area contributed by atoms with Gasteiger partial charge in [0, 0.05) is 15.7 Å². The van der Waals surface area contributed by atoms with Gasteiger partial charge in [-0.25, -0.2) is 4.79 Å². The van der Waals surface area contributed by atoms with Crippen LogP contribution in [0.1, 0.15) is 16.7 Å². The Bertz CT molecular complexity index is 1070. The molecule has 3 N–H and O–H groups in total. The number of halogens is 1. The van der Waals surface area contributed by atoms with E-state index >= 15 is 0 Å². The van der Waals surface area contributed by atoms with Crippen LogP contribution in [0.5, 0.6) is 5.75 Å². The van der Waals surface area contributed by atoms with Gasteiger partial charge in [0.15, 0.2) is 6.61 Å². The number of ether oxygens (including phenoxy) is 1. The monoisotopic (exact) mass is 471 g/mol. The van der Waals surface area contributed by atoms with Crippen molar-refractivity contribution >= 4 is 51.4 Å². The van der Waals surface area contributed by atoms with E-state index < -0.39 is 17.8 Å². The average molecular weight is 472 g/mol. The van der Waals surface area contributed by atoms with Gasteiger partial charge in [0.2, 0.25) is 0 Å². The first-order valence-electron chi connectivity index (χ1n) is 8.91. The van der Waals surface area contributed by atoms with Crippen LogP contribution in [0.25, 0.3) is 6.08 Å². The van der Waals surface area contributed by atoms with E-state index in [9.17, 15) is 19.2 Å². The van der Waals surface area contributed by atoms with Crippen LogP contribution in [0.3, 0.4) is 0 Å². The lowest BCUT2D eigenvalue weighted by Crippen LogP contribution is -2.51. The summed E-state index contributed by atoms with van der Waals surface area (Å²) in [5.41, 5.74) is 2.84. The number of urea groups is 1. The molecule has 1 saturated heterocycles. The van der Waals surface area contributed by atoms with Crippen LogP contribution in [-0.4, -0.2) is 30.4 Å². The maximum atomic E-state index is 12.3. The molecule has 0 spiro atoms. The second-order valence-corrected chi connectivity index (χ2v) is 7.55. The Morgan fingerprint density at radius 3 is 2.43 bits per heavy atom. The first-order valence-corrected chi connectivity index (χ1v) is 9.70. The third-order valence-electron chi connectivity index (χ3n) is 4.23. The number of barbiturate groups is 1. The lowest BCUT2D eigenvalue weighted by atomic mass is 10.1. The molecule has 0 saturated carbocycles. The number of hydrogen-bond donors (Lipinski definition) is 3. The van der Waals surface area contributed by atoms with Crippen molar-refractivity contribution in [2.24, 2.45) is 0 Å². The molecule has 8 nitrogen and oxygen atoms in total. The highest BCUT2D eigenvalue weighted by molar-refractivity contribution is 9.10. The Labute approximate surface area is 180 Å². The van der Waals surface area contributed by atoms with Crippen LogP contribution in [0.15, 0.2) is 46.4 Å². The number of anilines is 1. The predicted molar refractivity (Wildman–Crippen MR) is 114 cm³/mol. The van der Waals surface area contributed by atoms with Gasteiger partial charge in [0.05, 0.1) is 0 Å². The van der Waals surface area contributed by atoms with Gasteiger partial charge in [-0.15, -0.1) is 0 Å². The number of benzene rings is 2. The van der Waals surface area contributed by atoms with Crippen LogP contribution in [-0.2, 0) is 14.4 Å². The molecule has 0 aliphatic carbocycles. The van der Waals surface area contributed by atoms with E-state index in [1.165, 1.54) is 6.08 Å². The molecule has 0 atom stereocenters. The Kier molecular flexibility index (Phi) is 6.31. The van der Waals surface area contributed by atoms with Crippen molar-refractivity contribution in [2.75, 3.05) is 11.9 Å². The fraction of sp³-hybridized carbons (Fsp3) is 0.143. The van der Waals surface area contributed by atoms with Crippen LogP contribution in [0, 0.1) is 13.8 Å². The van der Waals surface area contributed by atoms with Crippen molar-refractivity contribution in [3.8, 4) is 5.75 Å². The minimum absolute atomic E-state index is 0.253. The Balaban J connectivity index is 1.76. The number of hydrogen-bond acceptors (Lipinski definition) is 5. The van der Waals surface area contributed by atoms with Crippen molar-refractivity contribution < 1.29 is 23.9 Å². The van der Waals surface area contributed by atoms with Crippen molar-refractivity contribution in [1.29, 1.82) is 0 Å². The van der Waals surface area contributed by atoms with E-state index in [2.05, 4.69) is 21.2 Å². The number of carbonyl (C=O) groups excluding carboxylic acids is 4. The van der Waals surface area contributed by atoms with Gasteiger partial charge in [-0.05, 0) is 49.8 Å². The van der Waals surface area contributed by atoms with Gasteiger partial charge < -0.3 is 10.1 Å². The van der Waals surface area contributed by atoms with Gasteiger partial charge in [-0.3, -0.25) is 25.0 Å². The fourth-order valence-electron chi connectivity index (χ4n) is 2.81. The molecule has 0 unspecified atom stereocenters. The molecule has 5 amide bonds. The summed E-state index contributed by atoms with van der Waals surface area (Å²) in [6.07, 6.45) is 1.29. The number of rotatable bonds is 5.